The molecule has 3 N–H and O–H groups in total. The van der Waals surface area contributed by atoms with E-state index < -0.39 is 0 Å². The predicted molar refractivity (Wildman–Crippen MR) is 83.2 cm³/mol. The predicted octanol–water partition coefficient (Wildman–Crippen LogP) is 2.35. The number of anilines is 1. The summed E-state index contributed by atoms with van der Waals surface area (Å²) in [5, 5.41) is 3.07. The molecule has 0 radical (unpaired) electrons. The average molecular weight is 328 g/mol. The van der Waals surface area contributed by atoms with Gasteiger partial charge in [0.05, 0.1) is 10.0 Å². The van der Waals surface area contributed by atoms with E-state index in [1.54, 1.807) is 18.2 Å². The van der Waals surface area contributed by atoms with Crippen molar-refractivity contribution in [3.63, 3.8) is 0 Å². The standard InChI is InChI=1S/C14H22BrN3O/c1-9(2)12(8-18(3)4)17-14(19)10-6-5-7-11(16)13(10)15/h5-7,9,12H,8,16H2,1-4H3,(H,17,19). The SMILES string of the molecule is CC(C)C(CN(C)C)NC(=O)c1cccc(N)c1Br. The van der Waals surface area contributed by atoms with Crippen molar-refractivity contribution in [1.82, 2.24) is 10.2 Å². The van der Waals surface area contributed by atoms with Crippen LogP contribution in [0.1, 0.15) is 24.2 Å². The molecule has 5 heteroatoms. The molecule has 0 bridgehead atoms. The average Bonchev–Trinajstić information content (AvgIpc) is 2.31. The number of hydrogen-bond donors (Lipinski definition) is 2. The van der Waals surface area contributed by atoms with E-state index in [1.165, 1.54) is 0 Å². The molecule has 1 rings (SSSR count). The van der Waals surface area contributed by atoms with Gasteiger partial charge in [-0.15, -0.1) is 0 Å². The van der Waals surface area contributed by atoms with Crippen molar-refractivity contribution in [2.75, 3.05) is 26.4 Å². The Morgan fingerprint density at radius 3 is 2.58 bits per heavy atom. The maximum atomic E-state index is 12.3. The summed E-state index contributed by atoms with van der Waals surface area (Å²) >= 11 is 3.36. The number of benzene rings is 1. The summed E-state index contributed by atoms with van der Waals surface area (Å²) in [6, 6.07) is 5.42. The summed E-state index contributed by atoms with van der Waals surface area (Å²) in [6.07, 6.45) is 0. The molecule has 4 nitrogen and oxygen atoms in total. The number of hydrogen-bond acceptors (Lipinski definition) is 3. The van der Waals surface area contributed by atoms with Gasteiger partial charge in [0, 0.05) is 18.3 Å². The number of halogens is 1. The minimum atomic E-state index is -0.0975. The third-order valence-electron chi connectivity index (χ3n) is 2.96. The van der Waals surface area contributed by atoms with Gasteiger partial charge in [-0.3, -0.25) is 4.79 Å². The number of nitrogens with zero attached hydrogens (tertiary/aromatic N) is 1. The van der Waals surface area contributed by atoms with Gasteiger partial charge in [0.1, 0.15) is 0 Å². The van der Waals surface area contributed by atoms with Crippen LogP contribution >= 0.6 is 15.9 Å². The van der Waals surface area contributed by atoms with E-state index in [-0.39, 0.29) is 11.9 Å². The molecule has 0 spiro atoms. The lowest BCUT2D eigenvalue weighted by atomic mass is 10.0. The summed E-state index contributed by atoms with van der Waals surface area (Å²) < 4.78 is 0.653. The Bertz CT molecular complexity index is 446. The smallest absolute Gasteiger partial charge is 0.252 e. The minimum absolute atomic E-state index is 0.0975. The number of likely N-dealkylation sites (N-methyl/N-ethyl adjacent to an activating group) is 1. The van der Waals surface area contributed by atoms with Crippen molar-refractivity contribution in [2.45, 2.75) is 19.9 Å². The van der Waals surface area contributed by atoms with Crippen LogP contribution in [0.4, 0.5) is 5.69 Å². The molecule has 0 aliphatic carbocycles. The largest absolute Gasteiger partial charge is 0.398 e. The monoisotopic (exact) mass is 327 g/mol. The molecule has 1 aromatic carbocycles. The molecule has 106 valence electrons. The normalized spacial score (nSPS) is 12.8. The topological polar surface area (TPSA) is 58.4 Å². The zero-order chi connectivity index (χ0) is 14.6. The van der Waals surface area contributed by atoms with Gasteiger partial charge < -0.3 is 16.0 Å². The number of nitrogens with two attached hydrogens (primary N) is 1. The molecule has 1 aromatic rings. The minimum Gasteiger partial charge on any atom is -0.398 e. The van der Waals surface area contributed by atoms with Crippen LogP contribution in [-0.4, -0.2) is 37.5 Å². The Hall–Kier alpha value is -1.07. The van der Waals surface area contributed by atoms with E-state index >= 15 is 0 Å². The Morgan fingerprint density at radius 2 is 2.05 bits per heavy atom. The zero-order valence-corrected chi connectivity index (χ0v) is 13.5. The molecule has 0 saturated heterocycles. The van der Waals surface area contributed by atoms with Crippen molar-refractivity contribution < 1.29 is 4.79 Å². The van der Waals surface area contributed by atoms with Gasteiger partial charge in [-0.05, 0) is 48.1 Å². The first-order chi connectivity index (χ1) is 8.82. The van der Waals surface area contributed by atoms with Gasteiger partial charge in [0.2, 0.25) is 0 Å². The fourth-order valence-corrected chi connectivity index (χ4v) is 2.23. The molecular formula is C14H22BrN3O. The molecule has 0 fully saturated rings. The van der Waals surface area contributed by atoms with Crippen molar-refractivity contribution >= 4 is 27.5 Å². The molecule has 19 heavy (non-hydrogen) atoms. The third kappa shape index (κ3) is 4.51. The Morgan fingerprint density at radius 1 is 1.42 bits per heavy atom. The first-order valence-corrected chi connectivity index (χ1v) is 7.11. The highest BCUT2D eigenvalue weighted by Gasteiger charge is 2.19. The molecule has 1 unspecified atom stereocenters. The van der Waals surface area contributed by atoms with Crippen molar-refractivity contribution in [3.05, 3.63) is 28.2 Å². The quantitative estimate of drug-likeness (QED) is 0.816. The molecule has 1 atom stereocenters. The van der Waals surface area contributed by atoms with E-state index in [9.17, 15) is 4.79 Å². The lowest BCUT2D eigenvalue weighted by Crippen LogP contribution is -2.45. The summed E-state index contributed by atoms with van der Waals surface area (Å²) in [4.78, 5) is 14.4. The van der Waals surface area contributed by atoms with Crippen LogP contribution in [0.5, 0.6) is 0 Å². The van der Waals surface area contributed by atoms with Crippen LogP contribution in [0.15, 0.2) is 22.7 Å². The van der Waals surface area contributed by atoms with Crippen molar-refractivity contribution in [2.24, 2.45) is 5.92 Å². The van der Waals surface area contributed by atoms with Crippen LogP contribution < -0.4 is 11.1 Å². The number of rotatable bonds is 5. The summed E-state index contributed by atoms with van der Waals surface area (Å²) in [5.74, 6) is 0.269. The molecule has 1 amide bonds. The summed E-state index contributed by atoms with van der Waals surface area (Å²) in [6.45, 7) is 5.01. The van der Waals surface area contributed by atoms with Crippen LogP contribution in [-0.2, 0) is 0 Å². The van der Waals surface area contributed by atoms with Crippen LogP contribution in [0.25, 0.3) is 0 Å². The number of carbonyl (C=O) groups is 1. The fraction of sp³-hybridized carbons (Fsp3) is 0.500. The number of amides is 1. The second-order valence-corrected chi connectivity index (χ2v) is 6.09. The van der Waals surface area contributed by atoms with Gasteiger partial charge in [0.25, 0.3) is 5.91 Å². The lowest BCUT2D eigenvalue weighted by Gasteiger charge is -2.25. The summed E-state index contributed by atoms with van der Waals surface area (Å²) in [5.41, 5.74) is 6.94. The Kier molecular flexibility index (Phi) is 5.82. The van der Waals surface area contributed by atoms with Gasteiger partial charge in [-0.2, -0.15) is 0 Å². The first kappa shape index (κ1) is 16.0. The maximum absolute atomic E-state index is 12.3. The van der Waals surface area contributed by atoms with Gasteiger partial charge in [-0.1, -0.05) is 19.9 Å². The lowest BCUT2D eigenvalue weighted by molar-refractivity contribution is 0.0916. The molecule has 0 aromatic heterocycles. The first-order valence-electron chi connectivity index (χ1n) is 6.32. The highest BCUT2D eigenvalue weighted by Crippen LogP contribution is 2.23. The van der Waals surface area contributed by atoms with Crippen LogP contribution in [0.2, 0.25) is 0 Å². The third-order valence-corrected chi connectivity index (χ3v) is 3.84. The number of nitrogen functional groups attached to an aromatic ring is 1. The van der Waals surface area contributed by atoms with Gasteiger partial charge >= 0.3 is 0 Å². The molecular weight excluding hydrogens is 306 g/mol. The van der Waals surface area contributed by atoms with E-state index in [1.807, 2.05) is 14.1 Å². The van der Waals surface area contributed by atoms with Gasteiger partial charge in [-0.25, -0.2) is 0 Å². The Labute approximate surface area is 123 Å². The second kappa shape index (κ2) is 6.91. The highest BCUT2D eigenvalue weighted by molar-refractivity contribution is 9.10. The molecule has 0 aliphatic rings. The van der Waals surface area contributed by atoms with E-state index in [0.29, 0.717) is 21.6 Å². The maximum Gasteiger partial charge on any atom is 0.252 e. The molecule has 0 heterocycles. The highest BCUT2D eigenvalue weighted by atomic mass is 79.9. The van der Waals surface area contributed by atoms with Crippen LogP contribution in [0, 0.1) is 5.92 Å². The zero-order valence-electron chi connectivity index (χ0n) is 11.9. The molecule has 0 aliphatic heterocycles. The van der Waals surface area contributed by atoms with Crippen LogP contribution in [0.3, 0.4) is 0 Å². The summed E-state index contributed by atoms with van der Waals surface area (Å²) in [7, 11) is 4.00. The van der Waals surface area contributed by atoms with E-state index in [2.05, 4.69) is 40.0 Å². The van der Waals surface area contributed by atoms with Gasteiger partial charge in [0.15, 0.2) is 0 Å². The second-order valence-electron chi connectivity index (χ2n) is 5.29. The fourth-order valence-electron chi connectivity index (χ4n) is 1.79. The Balaban J connectivity index is 2.85. The van der Waals surface area contributed by atoms with E-state index in [0.717, 1.165) is 6.54 Å². The van der Waals surface area contributed by atoms with Crippen molar-refractivity contribution in [1.29, 1.82) is 0 Å². The number of carbonyl (C=O) groups excluding carboxylic acids is 1. The van der Waals surface area contributed by atoms with Crippen molar-refractivity contribution in [3.8, 4) is 0 Å². The molecule has 0 saturated carbocycles. The number of nitrogens with one attached hydrogen (secondary N) is 1. The van der Waals surface area contributed by atoms with E-state index in [4.69, 9.17) is 5.73 Å².